The minimum absolute atomic E-state index is 0.0428. The molecular weight excluding hydrogens is 1460 g/mol. The number of halogens is 1. The van der Waals surface area contributed by atoms with Crippen molar-refractivity contribution in [2.24, 2.45) is 39.6 Å². The topological polar surface area (TPSA) is 561 Å². The first-order valence-corrected chi connectivity index (χ1v) is 38.7. The normalized spacial score (nSPS) is 22.3. The molecule has 109 heavy (non-hydrogen) atoms. The summed E-state index contributed by atoms with van der Waals surface area (Å²) in [5.41, 5.74) is 30.1. The summed E-state index contributed by atoms with van der Waals surface area (Å²) in [7, 11) is 1.71. The zero-order chi connectivity index (χ0) is 79.3. The van der Waals surface area contributed by atoms with Gasteiger partial charge in [0.05, 0.1) is 6.54 Å². The molecule has 4 aromatic rings. The number of fused-ring (bicyclic) bond motifs is 1. The lowest BCUT2D eigenvalue weighted by molar-refractivity contribution is -0.139. The van der Waals surface area contributed by atoms with Crippen LogP contribution in [0.5, 0.6) is 5.75 Å². The number of hydrogen-bond donors (Lipinski definition) is 18. The van der Waals surface area contributed by atoms with Gasteiger partial charge in [0.25, 0.3) is 0 Å². The van der Waals surface area contributed by atoms with Gasteiger partial charge in [0.2, 0.25) is 76.8 Å². The number of aliphatic imine (C=N–C) groups is 1. The lowest BCUT2D eigenvalue weighted by Gasteiger charge is -2.31. The molecule has 2 aliphatic carbocycles. The van der Waals surface area contributed by atoms with Gasteiger partial charge in [-0.25, -0.2) is 4.39 Å². The first-order chi connectivity index (χ1) is 52.0. The number of guanidine groups is 1. The number of aliphatic carboxylic acids is 1. The van der Waals surface area contributed by atoms with Crippen molar-refractivity contribution < 1.29 is 81.7 Å². The van der Waals surface area contributed by atoms with Gasteiger partial charge in [-0.1, -0.05) is 95.8 Å². The van der Waals surface area contributed by atoms with E-state index in [1.807, 2.05) is 0 Å². The fourth-order valence-electron chi connectivity index (χ4n) is 13.1. The van der Waals surface area contributed by atoms with Crippen molar-refractivity contribution in [2.45, 2.75) is 195 Å². The van der Waals surface area contributed by atoms with Crippen LogP contribution in [0, 0.1) is 11.7 Å². The number of nitrogens with two attached hydrogens (primary N) is 5. The highest BCUT2D eigenvalue weighted by atomic mass is 33.1. The number of benzene rings is 3. The fraction of sp³-hybridized carbons (Fsp3) is 0.514. The van der Waals surface area contributed by atoms with Crippen LogP contribution >= 0.6 is 21.6 Å². The minimum Gasteiger partial charge on any atom is -0.508 e. The van der Waals surface area contributed by atoms with E-state index < -0.39 is 212 Å². The van der Waals surface area contributed by atoms with Crippen LogP contribution in [0.3, 0.4) is 0 Å². The lowest BCUT2D eigenvalue weighted by atomic mass is 9.95. The maximum absolute atomic E-state index is 15.7. The Hall–Kier alpha value is -10.6. The van der Waals surface area contributed by atoms with Gasteiger partial charge in [-0.2, -0.15) is 0 Å². The monoisotopic (exact) mass is 1550 g/mol. The molecule has 10 atom stereocenters. The van der Waals surface area contributed by atoms with E-state index in [4.69, 9.17) is 28.7 Å². The molecule has 0 unspecified atom stereocenters. The predicted octanol–water partition coefficient (Wildman–Crippen LogP) is -1.33. The van der Waals surface area contributed by atoms with Gasteiger partial charge in [0, 0.05) is 98.7 Å². The quantitative estimate of drug-likeness (QED) is 0.0150. The van der Waals surface area contributed by atoms with Gasteiger partial charge in [-0.3, -0.25) is 72.1 Å². The van der Waals surface area contributed by atoms with Gasteiger partial charge in [0.1, 0.15) is 65.9 Å². The molecule has 0 radical (unpaired) electrons. The molecule has 0 spiro atoms. The minimum atomic E-state index is -1.75. The molecule has 3 fully saturated rings. The summed E-state index contributed by atoms with van der Waals surface area (Å²) >= 11 is 0. The number of phenols is 1. The van der Waals surface area contributed by atoms with E-state index in [9.17, 15) is 63.0 Å². The van der Waals surface area contributed by atoms with Crippen LogP contribution in [0.4, 0.5) is 4.39 Å². The fourth-order valence-corrected chi connectivity index (χ4v) is 15.4. The van der Waals surface area contributed by atoms with Crippen molar-refractivity contribution in [1.82, 2.24) is 63.1 Å². The van der Waals surface area contributed by atoms with Gasteiger partial charge in [-0.05, 0) is 105 Å². The van der Waals surface area contributed by atoms with E-state index in [-0.39, 0.29) is 67.9 Å². The van der Waals surface area contributed by atoms with E-state index in [2.05, 4.69) is 63.1 Å². The largest absolute Gasteiger partial charge is 0.508 e. The Morgan fingerprint density at radius 2 is 1.25 bits per heavy atom. The number of carbonyl (C=O) groups is 14. The Labute approximate surface area is 636 Å². The first-order valence-electron chi connectivity index (χ1n) is 36.2. The van der Waals surface area contributed by atoms with Crippen LogP contribution in [0.1, 0.15) is 126 Å². The molecule has 3 aromatic carbocycles. The summed E-state index contributed by atoms with van der Waals surface area (Å²) in [5, 5.41) is 46.9. The van der Waals surface area contributed by atoms with Crippen molar-refractivity contribution in [3.63, 3.8) is 0 Å². The number of rotatable bonds is 26. The third-order valence-corrected chi connectivity index (χ3v) is 21.2. The van der Waals surface area contributed by atoms with Crippen molar-refractivity contribution in [3.05, 3.63) is 102 Å². The number of nitrogens with zero attached hydrogens (tertiary/aromatic N) is 2. The molecule has 1 aliphatic heterocycles. The highest BCUT2D eigenvalue weighted by Gasteiger charge is 2.40. The molecule has 0 bridgehead atoms. The van der Waals surface area contributed by atoms with Crippen LogP contribution < -0.4 is 81.8 Å². The average Bonchev–Trinajstić information content (AvgIpc) is 1.74. The van der Waals surface area contributed by atoms with E-state index in [1.165, 1.54) is 47.4 Å². The number of aromatic hydroxyl groups is 1. The molecule has 23 N–H and O–H groups in total. The Morgan fingerprint density at radius 3 is 1.90 bits per heavy atom. The van der Waals surface area contributed by atoms with Gasteiger partial charge >= 0.3 is 5.97 Å². The standard InChI is InChI=1S/C72H99FN18O16S2/c1-39(74)31-60(96)91(44-14-5-6-15-44)36-59(95)83-52(32-40-20-22-45(92)23-21-40)67(103)89-56-38-109-108-37-55(63(76)99)88-66(102)51(25-27-61(97)98)85-69(105)54(34-43-35-81-48-18-9-7-16-46(43)48)86-65(101)50(24-26-57(75)93)82-58(94)28-30-79-64(100)49(19-10-29-80-72(77)78)84-68(104)53(33-42-13-4-8-17-47(42)73)87-71(107)62(90-70(56)106)41-11-2-3-12-41/h4,7-9,13,16-18,20-23,35,39,41,44,49-56,62,81,92H,2-3,5-6,10-12,14-15,19,24-34,36-38,74H2,1H3,(H2,75,93)(H2,76,99)(H,79,100)(H,82,94)(H,83,95)(H,84,104)(H,85,105)(H,86,101)(H,87,107)(H,88,102)(H,89,103)(H,90,106)(H,97,98)(H4,77,78,80)/t39-,49+,50+,51+,52+,53+,54+,55+,56+,62+/m1/s1. The summed E-state index contributed by atoms with van der Waals surface area (Å²) < 4.78 is 15.7. The number of H-pyrrole nitrogens is 1. The zero-order valence-electron chi connectivity index (χ0n) is 60.5. The Balaban J connectivity index is 1.28. The second-order valence-corrected chi connectivity index (χ2v) is 30.0. The molecule has 2 heterocycles. The third-order valence-electron chi connectivity index (χ3n) is 18.8. The van der Waals surface area contributed by atoms with E-state index in [1.54, 1.807) is 37.4 Å². The maximum Gasteiger partial charge on any atom is 0.303 e. The molecule has 592 valence electrons. The molecule has 1 saturated heterocycles. The number of hydrogen-bond acceptors (Lipinski definition) is 19. The lowest BCUT2D eigenvalue weighted by Crippen LogP contribution is -2.61. The highest BCUT2D eigenvalue weighted by molar-refractivity contribution is 8.76. The van der Waals surface area contributed by atoms with Crippen LogP contribution in [0.15, 0.2) is 84.0 Å². The molecule has 13 amide bonds. The van der Waals surface area contributed by atoms with Crippen molar-refractivity contribution in [1.29, 1.82) is 0 Å². The smallest absolute Gasteiger partial charge is 0.303 e. The number of aromatic amines is 1. The Bertz CT molecular complexity index is 3910. The van der Waals surface area contributed by atoms with Crippen LogP contribution in [0.25, 0.3) is 10.9 Å². The Kier molecular flexibility index (Phi) is 33.7. The Morgan fingerprint density at radius 1 is 0.661 bits per heavy atom. The maximum atomic E-state index is 15.7. The number of primary amides is 2. The van der Waals surface area contributed by atoms with Gasteiger partial charge in [-0.15, -0.1) is 0 Å². The predicted molar refractivity (Wildman–Crippen MR) is 402 cm³/mol. The number of carboxylic acids is 1. The summed E-state index contributed by atoms with van der Waals surface area (Å²) in [5.74, 6) is -16.0. The second kappa shape index (κ2) is 42.8. The molecule has 1 aromatic heterocycles. The molecule has 2 saturated carbocycles. The highest BCUT2D eigenvalue weighted by Crippen LogP contribution is 2.30. The van der Waals surface area contributed by atoms with E-state index in [0.29, 0.717) is 60.6 Å². The molecule has 37 heteroatoms. The summed E-state index contributed by atoms with van der Waals surface area (Å²) in [6, 6.07) is 2.71. The zero-order valence-corrected chi connectivity index (χ0v) is 62.1. The molecule has 34 nitrogen and oxygen atoms in total. The number of aromatic nitrogens is 1. The van der Waals surface area contributed by atoms with Gasteiger partial charge in [0.15, 0.2) is 5.96 Å². The van der Waals surface area contributed by atoms with Crippen LogP contribution in [0.2, 0.25) is 0 Å². The molecule has 7 rings (SSSR count). The molecule has 3 aliphatic rings. The van der Waals surface area contributed by atoms with Crippen molar-refractivity contribution in [3.8, 4) is 5.75 Å². The van der Waals surface area contributed by atoms with Crippen LogP contribution in [-0.4, -0.2) is 206 Å². The number of nitrogens with one attached hydrogen (secondary N) is 11. The number of amides is 13. The third kappa shape index (κ3) is 27.9. The first kappa shape index (κ1) is 85.7. The van der Waals surface area contributed by atoms with E-state index in [0.717, 1.165) is 40.5 Å². The second-order valence-electron chi connectivity index (χ2n) is 27.4. The summed E-state index contributed by atoms with van der Waals surface area (Å²) in [6.07, 6.45) is 2.27. The number of para-hydroxylation sites is 1. The van der Waals surface area contributed by atoms with Crippen molar-refractivity contribution in [2.75, 3.05) is 31.1 Å². The molecular formula is C72H99FN18O16S2. The van der Waals surface area contributed by atoms with Gasteiger partial charge < -0.3 is 102 Å². The number of carbonyl (C=O) groups excluding carboxylic acids is 13. The summed E-state index contributed by atoms with van der Waals surface area (Å²) in [6.45, 7) is 0.678. The van der Waals surface area contributed by atoms with Crippen molar-refractivity contribution >= 4 is 121 Å². The average molecular weight is 1560 g/mol. The van der Waals surface area contributed by atoms with E-state index >= 15 is 18.8 Å². The number of phenolic OH excluding ortho intramolecular Hbond substituents is 1. The number of carboxylic acid groups (broad SMARTS) is 1. The summed E-state index contributed by atoms with van der Waals surface area (Å²) in [4.78, 5) is 207. The SMILES string of the molecule is C[C@@H](N)CC(=O)N(CC(=O)N[C@@H](Cc1ccc(O)cc1)C(=O)N[C@H]1CSSC[C@@H](C(N)=O)NC(=O)[C@H](CCC(=O)O)NC(=O)[C@H](Cc2c[nH]c3ccccc23)NC(=O)[C@H](CCC(N)=O)NC(=O)CCNC(=O)[C@H](CCCN=C(N)N)NC(=O)[C@H](Cc2ccccc2F)NC(=O)[C@H](C2CCCC2)NC1=O)C1CCCC1. The van der Waals surface area contributed by atoms with Crippen LogP contribution in [-0.2, 0) is 86.4 Å².